The van der Waals surface area contributed by atoms with Crippen molar-refractivity contribution in [3.8, 4) is 0 Å². The van der Waals surface area contributed by atoms with Crippen LogP contribution >= 0.6 is 0 Å². The average Bonchev–Trinajstić information content (AvgIpc) is 2.27. The molecule has 2 rings (SSSR count). The van der Waals surface area contributed by atoms with E-state index in [2.05, 4.69) is 18.7 Å². The Bertz CT molecular complexity index is 471. The zero-order valence-electron chi connectivity index (χ0n) is 7.90. The summed E-state index contributed by atoms with van der Waals surface area (Å²) in [6.45, 7) is 3.81. The Morgan fingerprint density at radius 1 is 1.07 bits per heavy atom. The molecule has 1 nitrogen and oxygen atoms in total. The normalized spacial score (nSPS) is 10.4. The number of aliphatic hydroxyl groups is 1. The fourth-order valence-corrected chi connectivity index (χ4v) is 1.50. The molecule has 0 saturated heterocycles. The van der Waals surface area contributed by atoms with E-state index in [1.165, 1.54) is 10.8 Å². The van der Waals surface area contributed by atoms with Gasteiger partial charge in [-0.05, 0) is 28.0 Å². The Balaban J connectivity index is 2.56. The van der Waals surface area contributed by atoms with E-state index < -0.39 is 0 Å². The minimum atomic E-state index is 0.0122. The quantitative estimate of drug-likeness (QED) is 0.760. The second kappa shape index (κ2) is 3.64. The van der Waals surface area contributed by atoms with Crippen LogP contribution < -0.4 is 0 Å². The van der Waals surface area contributed by atoms with E-state index >= 15 is 0 Å². The molecule has 70 valence electrons. The average molecular weight is 184 g/mol. The van der Waals surface area contributed by atoms with Gasteiger partial charge in [0, 0.05) is 0 Å². The van der Waals surface area contributed by atoms with Crippen molar-refractivity contribution in [3.05, 3.63) is 54.6 Å². The molecule has 14 heavy (non-hydrogen) atoms. The predicted octanol–water partition coefficient (Wildman–Crippen LogP) is 2.85. The van der Waals surface area contributed by atoms with E-state index in [0.29, 0.717) is 0 Å². The van der Waals surface area contributed by atoms with E-state index in [0.717, 1.165) is 11.1 Å². The summed E-state index contributed by atoms with van der Waals surface area (Å²) in [5.74, 6) is 0. The standard InChI is InChI=1S/C13H12O/c1-10(9-14)12-7-6-11-4-2-3-5-13(11)8-12/h2-8,14H,1,9H2. The SMILES string of the molecule is C=C(CO)c1ccc2ccccc2c1. The summed E-state index contributed by atoms with van der Waals surface area (Å²) in [4.78, 5) is 0. The van der Waals surface area contributed by atoms with E-state index in [1.54, 1.807) is 0 Å². The lowest BCUT2D eigenvalue weighted by Gasteiger charge is -2.03. The van der Waals surface area contributed by atoms with Gasteiger partial charge in [0.2, 0.25) is 0 Å². The van der Waals surface area contributed by atoms with Crippen LogP contribution in [0.3, 0.4) is 0 Å². The van der Waals surface area contributed by atoms with Crippen LogP contribution in [0.4, 0.5) is 0 Å². The van der Waals surface area contributed by atoms with E-state index in [-0.39, 0.29) is 6.61 Å². The summed E-state index contributed by atoms with van der Waals surface area (Å²) < 4.78 is 0. The van der Waals surface area contributed by atoms with Crippen molar-refractivity contribution in [3.63, 3.8) is 0 Å². The fraction of sp³-hybridized carbons (Fsp3) is 0.0769. The molecule has 1 N–H and O–H groups in total. The zero-order valence-corrected chi connectivity index (χ0v) is 7.90. The third-order valence-corrected chi connectivity index (χ3v) is 2.35. The summed E-state index contributed by atoms with van der Waals surface area (Å²) >= 11 is 0. The molecule has 0 unspecified atom stereocenters. The fourth-order valence-electron chi connectivity index (χ4n) is 1.50. The molecule has 0 aliphatic carbocycles. The Labute approximate surface area is 83.3 Å². The molecule has 0 fully saturated rings. The second-order valence-corrected chi connectivity index (χ2v) is 3.32. The second-order valence-electron chi connectivity index (χ2n) is 3.32. The highest BCUT2D eigenvalue weighted by molar-refractivity contribution is 5.86. The van der Waals surface area contributed by atoms with E-state index in [1.807, 2.05) is 30.3 Å². The smallest absolute Gasteiger partial charge is 0.0681 e. The van der Waals surface area contributed by atoms with Crippen LogP contribution in [0.1, 0.15) is 5.56 Å². The van der Waals surface area contributed by atoms with Crippen molar-refractivity contribution >= 4 is 16.3 Å². The van der Waals surface area contributed by atoms with Gasteiger partial charge in [-0.15, -0.1) is 0 Å². The van der Waals surface area contributed by atoms with Crippen LogP contribution in [0.5, 0.6) is 0 Å². The molecule has 0 amide bonds. The largest absolute Gasteiger partial charge is 0.392 e. The lowest BCUT2D eigenvalue weighted by Crippen LogP contribution is -1.87. The molecule has 2 aromatic carbocycles. The molecule has 0 aromatic heterocycles. The molecule has 0 spiro atoms. The van der Waals surface area contributed by atoms with Crippen molar-refractivity contribution < 1.29 is 5.11 Å². The monoisotopic (exact) mass is 184 g/mol. The van der Waals surface area contributed by atoms with Gasteiger partial charge in [0.1, 0.15) is 0 Å². The molecular formula is C13H12O. The summed E-state index contributed by atoms with van der Waals surface area (Å²) in [6.07, 6.45) is 0. The van der Waals surface area contributed by atoms with Crippen LogP contribution in [0.2, 0.25) is 0 Å². The topological polar surface area (TPSA) is 20.2 Å². The van der Waals surface area contributed by atoms with Crippen LogP contribution in [0.25, 0.3) is 16.3 Å². The number of aliphatic hydroxyl groups excluding tert-OH is 1. The number of benzene rings is 2. The Morgan fingerprint density at radius 3 is 2.50 bits per heavy atom. The van der Waals surface area contributed by atoms with Gasteiger partial charge in [-0.1, -0.05) is 43.0 Å². The maximum absolute atomic E-state index is 8.96. The maximum Gasteiger partial charge on any atom is 0.0681 e. The van der Waals surface area contributed by atoms with Gasteiger partial charge < -0.3 is 5.11 Å². The molecule has 0 bridgehead atoms. The van der Waals surface area contributed by atoms with Crippen molar-refractivity contribution in [1.29, 1.82) is 0 Å². The molecule has 0 atom stereocenters. The van der Waals surface area contributed by atoms with Gasteiger partial charge in [0.05, 0.1) is 6.61 Å². The Kier molecular flexibility index (Phi) is 2.33. The number of hydrogen-bond acceptors (Lipinski definition) is 1. The molecule has 2 aromatic rings. The van der Waals surface area contributed by atoms with Gasteiger partial charge in [0.25, 0.3) is 0 Å². The molecular weight excluding hydrogens is 172 g/mol. The van der Waals surface area contributed by atoms with Gasteiger partial charge in [-0.3, -0.25) is 0 Å². The summed E-state index contributed by atoms with van der Waals surface area (Å²) in [5.41, 5.74) is 1.77. The van der Waals surface area contributed by atoms with Gasteiger partial charge in [-0.25, -0.2) is 0 Å². The minimum absolute atomic E-state index is 0.0122. The zero-order chi connectivity index (χ0) is 9.97. The molecule has 0 aliphatic rings. The third-order valence-electron chi connectivity index (χ3n) is 2.35. The molecule has 1 heteroatoms. The van der Waals surface area contributed by atoms with Crippen LogP contribution in [-0.2, 0) is 0 Å². The molecule has 0 radical (unpaired) electrons. The summed E-state index contributed by atoms with van der Waals surface area (Å²) in [6, 6.07) is 14.2. The number of hydrogen-bond donors (Lipinski definition) is 1. The highest BCUT2D eigenvalue weighted by Gasteiger charge is 1.98. The highest BCUT2D eigenvalue weighted by Crippen LogP contribution is 2.19. The van der Waals surface area contributed by atoms with Gasteiger partial charge >= 0.3 is 0 Å². The van der Waals surface area contributed by atoms with E-state index in [9.17, 15) is 0 Å². The maximum atomic E-state index is 8.96. The highest BCUT2D eigenvalue weighted by atomic mass is 16.3. The lowest BCUT2D eigenvalue weighted by molar-refractivity contribution is 0.350. The first-order chi connectivity index (χ1) is 6.81. The van der Waals surface area contributed by atoms with Crippen molar-refractivity contribution in [2.45, 2.75) is 0 Å². The third kappa shape index (κ3) is 1.54. The van der Waals surface area contributed by atoms with Gasteiger partial charge in [-0.2, -0.15) is 0 Å². The van der Waals surface area contributed by atoms with Crippen molar-refractivity contribution in [1.82, 2.24) is 0 Å². The van der Waals surface area contributed by atoms with Crippen molar-refractivity contribution in [2.24, 2.45) is 0 Å². The van der Waals surface area contributed by atoms with Crippen LogP contribution in [0, 0.1) is 0 Å². The molecule has 0 aliphatic heterocycles. The lowest BCUT2D eigenvalue weighted by atomic mass is 10.0. The van der Waals surface area contributed by atoms with Gasteiger partial charge in [0.15, 0.2) is 0 Å². The predicted molar refractivity (Wildman–Crippen MR) is 60.1 cm³/mol. The first kappa shape index (κ1) is 8.97. The van der Waals surface area contributed by atoms with Crippen LogP contribution in [0.15, 0.2) is 49.0 Å². The molecule has 0 heterocycles. The number of fused-ring (bicyclic) bond motifs is 1. The first-order valence-corrected chi connectivity index (χ1v) is 4.59. The summed E-state index contributed by atoms with van der Waals surface area (Å²) in [7, 11) is 0. The van der Waals surface area contributed by atoms with E-state index in [4.69, 9.17) is 5.11 Å². The first-order valence-electron chi connectivity index (χ1n) is 4.59. The summed E-state index contributed by atoms with van der Waals surface area (Å²) in [5, 5.41) is 11.4. The Morgan fingerprint density at radius 2 is 1.79 bits per heavy atom. The molecule has 0 saturated carbocycles. The Hall–Kier alpha value is -1.60. The van der Waals surface area contributed by atoms with Crippen LogP contribution in [-0.4, -0.2) is 11.7 Å². The van der Waals surface area contributed by atoms with Crippen molar-refractivity contribution in [2.75, 3.05) is 6.61 Å². The minimum Gasteiger partial charge on any atom is -0.392 e. The number of rotatable bonds is 2.